The van der Waals surface area contributed by atoms with Crippen LogP contribution in [0.2, 0.25) is 0 Å². The van der Waals surface area contributed by atoms with Crippen molar-refractivity contribution >= 4 is 21.8 Å². The summed E-state index contributed by atoms with van der Waals surface area (Å²) in [4.78, 5) is 28.2. The number of fused-ring (bicyclic) bond motifs is 3. The van der Waals surface area contributed by atoms with Crippen LogP contribution in [-0.4, -0.2) is 29.9 Å². The number of nitrogens with zero attached hydrogens (tertiary/aromatic N) is 6. The number of pyridine rings is 6. The number of hydrogen-bond donors (Lipinski definition) is 0. The van der Waals surface area contributed by atoms with E-state index in [1.54, 1.807) is 12.4 Å². The normalized spacial score (nSPS) is 11.2. The van der Waals surface area contributed by atoms with Gasteiger partial charge >= 0.3 is 0 Å². The fourth-order valence-electron chi connectivity index (χ4n) is 4.81. The maximum Gasteiger partial charge on any atom is 0.0972 e. The van der Waals surface area contributed by atoms with Crippen LogP contribution in [0.25, 0.3) is 56.0 Å². The molecule has 0 amide bonds. The van der Waals surface area contributed by atoms with Crippen LogP contribution in [0.1, 0.15) is 11.1 Å². The average Bonchev–Trinajstić information content (AvgIpc) is 3.01. The van der Waals surface area contributed by atoms with Crippen molar-refractivity contribution in [1.29, 1.82) is 0 Å². The fraction of sp³-hybridized carbons (Fsp3) is 0.0303. The van der Waals surface area contributed by atoms with Gasteiger partial charge in [-0.3, -0.25) is 19.9 Å². The topological polar surface area (TPSA) is 77.3 Å². The van der Waals surface area contributed by atoms with E-state index in [2.05, 4.69) is 62.4 Å². The van der Waals surface area contributed by atoms with Gasteiger partial charge in [0.05, 0.1) is 45.2 Å². The highest BCUT2D eigenvalue weighted by Gasteiger charge is 2.12. The van der Waals surface area contributed by atoms with Gasteiger partial charge in [0.2, 0.25) is 0 Å². The third kappa shape index (κ3) is 4.60. The Hall–Kier alpha value is -5.36. The quantitative estimate of drug-likeness (QED) is 0.237. The minimum atomic E-state index is 0.704. The molecule has 0 N–H and O–H groups in total. The Kier molecular flexibility index (Phi) is 5.75. The van der Waals surface area contributed by atoms with E-state index in [1.165, 1.54) is 0 Å². The molecule has 7 aromatic rings. The molecule has 6 nitrogen and oxygen atoms in total. The van der Waals surface area contributed by atoms with Crippen LogP contribution in [0.4, 0.5) is 0 Å². The molecule has 0 saturated heterocycles. The van der Waals surface area contributed by atoms with E-state index < -0.39 is 0 Å². The zero-order valence-corrected chi connectivity index (χ0v) is 20.9. The van der Waals surface area contributed by atoms with E-state index in [4.69, 9.17) is 9.97 Å². The lowest BCUT2D eigenvalue weighted by Gasteiger charge is -2.11. The first kappa shape index (κ1) is 22.8. The van der Waals surface area contributed by atoms with Gasteiger partial charge in [0.1, 0.15) is 0 Å². The molecule has 39 heavy (non-hydrogen) atoms. The molecule has 6 heterocycles. The van der Waals surface area contributed by atoms with E-state index in [1.807, 2.05) is 67.0 Å². The van der Waals surface area contributed by atoms with Crippen LogP contribution in [0.3, 0.4) is 0 Å². The first-order chi connectivity index (χ1) is 19.3. The summed E-state index contributed by atoms with van der Waals surface area (Å²) in [6, 6.07) is 32.3. The lowest BCUT2D eigenvalue weighted by Crippen LogP contribution is -1.98. The van der Waals surface area contributed by atoms with Gasteiger partial charge in [-0.15, -0.1) is 0 Å². The third-order valence-electron chi connectivity index (χ3n) is 6.67. The Labute approximate surface area is 225 Å². The summed E-state index contributed by atoms with van der Waals surface area (Å²) in [6.45, 7) is 0. The molecule has 0 saturated carbocycles. The van der Waals surface area contributed by atoms with Crippen molar-refractivity contribution in [3.05, 3.63) is 133 Å². The first-order valence-corrected chi connectivity index (χ1v) is 12.7. The predicted octanol–water partition coefficient (Wildman–Crippen LogP) is 6.95. The van der Waals surface area contributed by atoms with Crippen molar-refractivity contribution in [1.82, 2.24) is 29.9 Å². The van der Waals surface area contributed by atoms with Gasteiger partial charge in [-0.25, -0.2) is 9.97 Å². The maximum atomic E-state index is 5.05. The standard InChI is InChI=1S/C33H22N6/c1-3-14-34-26(7-1)29-19-22(13-17-36-29)18-23-20-30(27-8-2-4-15-35-27)38-31(21-23)28-12-11-25-10-9-24-6-5-16-37-32(24)33(25)39-28/h1-17,19-21H,18H2. The Bertz CT molecular complexity index is 1940. The van der Waals surface area contributed by atoms with Crippen molar-refractivity contribution in [2.45, 2.75) is 6.42 Å². The monoisotopic (exact) mass is 502 g/mol. The van der Waals surface area contributed by atoms with E-state index >= 15 is 0 Å². The van der Waals surface area contributed by atoms with Gasteiger partial charge in [0, 0.05) is 35.6 Å². The van der Waals surface area contributed by atoms with Crippen molar-refractivity contribution in [3.63, 3.8) is 0 Å². The van der Waals surface area contributed by atoms with E-state index in [-0.39, 0.29) is 0 Å². The number of rotatable bonds is 5. The molecule has 0 aliphatic carbocycles. The molecule has 0 aliphatic heterocycles. The van der Waals surface area contributed by atoms with Crippen molar-refractivity contribution < 1.29 is 0 Å². The predicted molar refractivity (Wildman–Crippen MR) is 154 cm³/mol. The molecule has 0 spiro atoms. The number of aromatic nitrogens is 6. The molecular weight excluding hydrogens is 480 g/mol. The highest BCUT2D eigenvalue weighted by atomic mass is 14.8. The number of hydrogen-bond acceptors (Lipinski definition) is 6. The fourth-order valence-corrected chi connectivity index (χ4v) is 4.81. The molecule has 0 radical (unpaired) electrons. The van der Waals surface area contributed by atoms with E-state index in [9.17, 15) is 0 Å². The summed E-state index contributed by atoms with van der Waals surface area (Å²) in [5, 5.41) is 2.11. The molecular formula is C33H22N6. The van der Waals surface area contributed by atoms with Gasteiger partial charge in [-0.1, -0.05) is 36.4 Å². The Balaban J connectivity index is 1.34. The SMILES string of the molecule is c1ccc(-c2cc(Cc3cc(-c4ccccn4)nc(-c4ccc5ccc6cccnc6c5n4)c3)ccn2)nc1. The largest absolute Gasteiger partial charge is 0.255 e. The van der Waals surface area contributed by atoms with Crippen LogP contribution in [0.15, 0.2) is 122 Å². The van der Waals surface area contributed by atoms with Crippen molar-refractivity contribution in [2.75, 3.05) is 0 Å². The number of benzene rings is 1. The van der Waals surface area contributed by atoms with Crippen molar-refractivity contribution in [3.8, 4) is 34.2 Å². The van der Waals surface area contributed by atoms with E-state index in [0.717, 1.165) is 67.1 Å². The molecule has 0 aliphatic rings. The van der Waals surface area contributed by atoms with Crippen LogP contribution >= 0.6 is 0 Å². The zero-order valence-electron chi connectivity index (χ0n) is 20.9. The van der Waals surface area contributed by atoms with Crippen LogP contribution in [0.5, 0.6) is 0 Å². The highest BCUT2D eigenvalue weighted by Crippen LogP contribution is 2.28. The van der Waals surface area contributed by atoms with Gasteiger partial charge in [-0.05, 0) is 78.2 Å². The van der Waals surface area contributed by atoms with Crippen molar-refractivity contribution in [2.24, 2.45) is 0 Å². The molecule has 0 unspecified atom stereocenters. The maximum absolute atomic E-state index is 5.05. The lowest BCUT2D eigenvalue weighted by atomic mass is 10.0. The first-order valence-electron chi connectivity index (χ1n) is 12.7. The molecule has 0 atom stereocenters. The average molecular weight is 503 g/mol. The zero-order chi connectivity index (χ0) is 26.0. The Morgan fingerprint density at radius 3 is 1.79 bits per heavy atom. The molecule has 0 fully saturated rings. The minimum absolute atomic E-state index is 0.704. The summed E-state index contributed by atoms with van der Waals surface area (Å²) in [7, 11) is 0. The molecule has 1 aromatic carbocycles. The molecule has 0 bridgehead atoms. The van der Waals surface area contributed by atoms with Crippen LogP contribution in [-0.2, 0) is 6.42 Å². The van der Waals surface area contributed by atoms with Crippen LogP contribution < -0.4 is 0 Å². The summed E-state index contributed by atoms with van der Waals surface area (Å²) < 4.78 is 0. The second-order valence-electron chi connectivity index (χ2n) is 9.31. The molecule has 184 valence electrons. The third-order valence-corrected chi connectivity index (χ3v) is 6.67. The summed E-state index contributed by atoms with van der Waals surface area (Å²) in [6.07, 6.45) is 7.92. The second-order valence-corrected chi connectivity index (χ2v) is 9.31. The lowest BCUT2D eigenvalue weighted by molar-refractivity contribution is 1.13. The smallest absolute Gasteiger partial charge is 0.0972 e. The summed E-state index contributed by atoms with van der Waals surface area (Å²) in [5.41, 5.74) is 8.91. The summed E-state index contributed by atoms with van der Waals surface area (Å²) in [5.74, 6) is 0. The molecule has 6 aromatic heterocycles. The van der Waals surface area contributed by atoms with Gasteiger partial charge in [0.25, 0.3) is 0 Å². The highest BCUT2D eigenvalue weighted by molar-refractivity contribution is 6.03. The summed E-state index contributed by atoms with van der Waals surface area (Å²) >= 11 is 0. The van der Waals surface area contributed by atoms with Crippen LogP contribution in [0, 0.1) is 0 Å². The molecule has 6 heteroatoms. The van der Waals surface area contributed by atoms with Gasteiger partial charge in [-0.2, -0.15) is 0 Å². The van der Waals surface area contributed by atoms with Gasteiger partial charge in [0.15, 0.2) is 0 Å². The second kappa shape index (κ2) is 9.84. The Morgan fingerprint density at radius 2 is 1.03 bits per heavy atom. The minimum Gasteiger partial charge on any atom is -0.255 e. The van der Waals surface area contributed by atoms with Gasteiger partial charge < -0.3 is 0 Å². The molecule has 7 rings (SSSR count). The van der Waals surface area contributed by atoms with E-state index in [0.29, 0.717) is 6.42 Å². The Morgan fingerprint density at radius 1 is 0.385 bits per heavy atom.